The lowest BCUT2D eigenvalue weighted by molar-refractivity contribution is -0.179. The van der Waals surface area contributed by atoms with Crippen molar-refractivity contribution in [3.8, 4) is 0 Å². The normalized spacial score (nSPS) is 35.5. The fourth-order valence-corrected chi connectivity index (χ4v) is 6.71. The van der Waals surface area contributed by atoms with Crippen LogP contribution in [0, 0.1) is 29.1 Å². The molecular weight excluding hydrogens is 486 g/mol. The number of ketones is 1. The van der Waals surface area contributed by atoms with Gasteiger partial charge in [-0.3, -0.25) is 19.4 Å². The van der Waals surface area contributed by atoms with Gasteiger partial charge in [0.2, 0.25) is 5.78 Å². The van der Waals surface area contributed by atoms with Crippen molar-refractivity contribution in [3.05, 3.63) is 53.9 Å². The van der Waals surface area contributed by atoms with Crippen LogP contribution in [0.15, 0.2) is 48.3 Å². The van der Waals surface area contributed by atoms with E-state index in [4.69, 9.17) is 14.2 Å². The van der Waals surface area contributed by atoms with E-state index in [0.717, 1.165) is 6.42 Å². The Balaban J connectivity index is 1.87. The molecule has 1 aromatic heterocycles. The molecule has 7 atom stereocenters. The van der Waals surface area contributed by atoms with Gasteiger partial charge >= 0.3 is 17.9 Å². The molecule has 0 N–H and O–H groups in total. The fraction of sp³-hybridized carbons (Fsp3) is 0.567. The van der Waals surface area contributed by atoms with Gasteiger partial charge in [0.25, 0.3) is 0 Å². The zero-order valence-corrected chi connectivity index (χ0v) is 23.0. The first-order valence-electron chi connectivity index (χ1n) is 13.2. The molecule has 0 saturated heterocycles. The van der Waals surface area contributed by atoms with E-state index in [0.29, 0.717) is 23.5 Å². The van der Waals surface area contributed by atoms with Crippen LogP contribution in [-0.2, 0) is 28.6 Å². The summed E-state index contributed by atoms with van der Waals surface area (Å²) in [7, 11) is 0. The first-order chi connectivity index (χ1) is 17.8. The van der Waals surface area contributed by atoms with E-state index in [1.807, 2.05) is 13.0 Å². The maximum atomic E-state index is 14.3. The summed E-state index contributed by atoms with van der Waals surface area (Å²) < 4.78 is 17.8. The Hall–Kier alpha value is -3.29. The zero-order valence-electron chi connectivity index (χ0n) is 23.0. The Labute approximate surface area is 223 Å². The van der Waals surface area contributed by atoms with E-state index in [9.17, 15) is 19.2 Å². The van der Waals surface area contributed by atoms with Crippen LogP contribution >= 0.6 is 0 Å². The summed E-state index contributed by atoms with van der Waals surface area (Å²) in [6, 6.07) is 3.21. The van der Waals surface area contributed by atoms with Crippen LogP contribution in [0.4, 0.5) is 0 Å². The van der Waals surface area contributed by atoms with E-state index in [1.54, 1.807) is 25.3 Å². The molecule has 8 heteroatoms. The largest absolute Gasteiger partial charge is 0.458 e. The van der Waals surface area contributed by atoms with E-state index >= 15 is 0 Å². The molecule has 2 fully saturated rings. The number of aromatic nitrogens is 1. The minimum atomic E-state index is -1.70. The summed E-state index contributed by atoms with van der Waals surface area (Å²) in [5.74, 6) is -3.04. The van der Waals surface area contributed by atoms with E-state index in [2.05, 4.69) is 25.4 Å². The highest BCUT2D eigenvalue weighted by Gasteiger charge is 2.65. The molecule has 1 aromatic rings. The molecular formula is C30H37NO7. The van der Waals surface area contributed by atoms with Crippen molar-refractivity contribution >= 4 is 23.7 Å². The van der Waals surface area contributed by atoms with Gasteiger partial charge in [-0.1, -0.05) is 33.4 Å². The van der Waals surface area contributed by atoms with Crippen molar-refractivity contribution in [3.63, 3.8) is 0 Å². The summed E-state index contributed by atoms with van der Waals surface area (Å²) in [6.45, 7) is 14.7. The Morgan fingerprint density at radius 3 is 2.45 bits per heavy atom. The van der Waals surface area contributed by atoms with Crippen LogP contribution in [0.2, 0.25) is 0 Å². The molecule has 2 saturated carbocycles. The van der Waals surface area contributed by atoms with Gasteiger partial charge in [-0.05, 0) is 66.2 Å². The molecule has 3 aliphatic carbocycles. The van der Waals surface area contributed by atoms with Gasteiger partial charge in [0.1, 0.15) is 12.2 Å². The SMILES string of the molecule is C=C1CC[C@H]2[C@H](/C=C(\C)C(=O)[C@@]3(OC(C)=O)C[C@H](C)[C@H](OC(=O)c4cccnc4)[C@@H]3C1OC(C)=O)C2(C)C. The van der Waals surface area contributed by atoms with Crippen LogP contribution in [-0.4, -0.2) is 46.5 Å². The summed E-state index contributed by atoms with van der Waals surface area (Å²) in [5.41, 5.74) is -0.358. The third-order valence-corrected chi connectivity index (χ3v) is 8.65. The zero-order chi connectivity index (χ0) is 28.0. The molecule has 0 aromatic carbocycles. The lowest BCUT2D eigenvalue weighted by Gasteiger charge is -2.39. The molecule has 0 bridgehead atoms. The Morgan fingerprint density at radius 2 is 1.84 bits per heavy atom. The number of pyridine rings is 1. The van der Waals surface area contributed by atoms with Gasteiger partial charge in [-0.15, -0.1) is 0 Å². The van der Waals surface area contributed by atoms with Gasteiger partial charge < -0.3 is 14.2 Å². The molecule has 0 radical (unpaired) electrons. The van der Waals surface area contributed by atoms with Crippen molar-refractivity contribution in [1.29, 1.82) is 0 Å². The third kappa shape index (κ3) is 4.93. The molecule has 0 amide bonds. The number of nitrogens with zero attached hydrogens (tertiary/aromatic N) is 1. The number of hydrogen-bond donors (Lipinski definition) is 0. The number of fused-ring (bicyclic) bond motifs is 2. The van der Waals surface area contributed by atoms with Crippen molar-refractivity contribution in [2.24, 2.45) is 29.1 Å². The summed E-state index contributed by atoms with van der Waals surface area (Å²) in [6.07, 6.45) is 4.49. The van der Waals surface area contributed by atoms with E-state index < -0.39 is 47.6 Å². The quantitative estimate of drug-likeness (QED) is 0.319. The number of carbonyl (C=O) groups is 4. The Bertz CT molecular complexity index is 1190. The topological polar surface area (TPSA) is 109 Å². The predicted octanol–water partition coefficient (Wildman–Crippen LogP) is 4.63. The summed E-state index contributed by atoms with van der Waals surface area (Å²) in [4.78, 5) is 56.3. The van der Waals surface area contributed by atoms with Crippen molar-refractivity contribution in [2.45, 2.75) is 78.6 Å². The van der Waals surface area contributed by atoms with Crippen LogP contribution in [0.3, 0.4) is 0 Å². The first-order valence-corrected chi connectivity index (χ1v) is 13.2. The lowest BCUT2D eigenvalue weighted by Crippen LogP contribution is -2.55. The highest BCUT2D eigenvalue weighted by atomic mass is 16.6. The average molecular weight is 524 g/mol. The standard InChI is InChI=1S/C30H37NO7/c1-16-10-11-22-23(29(22,6)7)13-17(2)27(34)30(38-20(5)33)14-18(3)26(24(30)25(16)36-19(4)32)37-28(35)21-9-8-12-31-15-21/h8-9,12-13,15,18,22-26H,1,10-11,14H2,2-7H3/b17-13+/t18-,22-,23-,24-,25?,26-,30+/m0/s1. The maximum absolute atomic E-state index is 14.3. The number of Topliss-reactive ketones (excluding diaryl/α,β-unsaturated/α-hetero) is 1. The summed E-state index contributed by atoms with van der Waals surface area (Å²) in [5, 5.41) is 0. The molecule has 3 aliphatic rings. The van der Waals surface area contributed by atoms with Crippen molar-refractivity contribution in [2.75, 3.05) is 0 Å². The Morgan fingerprint density at radius 1 is 1.13 bits per heavy atom. The van der Waals surface area contributed by atoms with Crippen LogP contribution < -0.4 is 0 Å². The number of allylic oxidation sites excluding steroid dienone is 1. The lowest BCUT2D eigenvalue weighted by atomic mass is 9.76. The second-order valence-electron chi connectivity index (χ2n) is 11.7. The first kappa shape index (κ1) is 27.7. The number of hydrogen-bond acceptors (Lipinski definition) is 8. The number of rotatable bonds is 4. The van der Waals surface area contributed by atoms with Gasteiger partial charge in [0, 0.05) is 32.7 Å². The second-order valence-corrected chi connectivity index (χ2v) is 11.7. The smallest absolute Gasteiger partial charge is 0.339 e. The summed E-state index contributed by atoms with van der Waals surface area (Å²) >= 11 is 0. The number of ether oxygens (including phenoxy) is 3. The van der Waals surface area contributed by atoms with Gasteiger partial charge in [-0.25, -0.2) is 4.79 Å². The predicted molar refractivity (Wildman–Crippen MR) is 139 cm³/mol. The fourth-order valence-electron chi connectivity index (χ4n) is 6.71. The molecule has 38 heavy (non-hydrogen) atoms. The van der Waals surface area contributed by atoms with Crippen molar-refractivity contribution < 1.29 is 33.4 Å². The van der Waals surface area contributed by atoms with Crippen molar-refractivity contribution in [1.82, 2.24) is 4.98 Å². The molecule has 0 spiro atoms. The molecule has 1 unspecified atom stereocenters. The second kappa shape index (κ2) is 10.1. The van der Waals surface area contributed by atoms with Crippen LogP contribution in [0.5, 0.6) is 0 Å². The maximum Gasteiger partial charge on any atom is 0.339 e. The average Bonchev–Trinajstić information content (AvgIpc) is 3.24. The minimum Gasteiger partial charge on any atom is -0.458 e. The molecule has 8 nitrogen and oxygen atoms in total. The monoisotopic (exact) mass is 523 g/mol. The van der Waals surface area contributed by atoms with Gasteiger partial charge in [0.15, 0.2) is 5.60 Å². The Kier molecular flexibility index (Phi) is 7.38. The molecule has 0 aliphatic heterocycles. The van der Waals surface area contributed by atoms with E-state index in [-0.39, 0.29) is 29.1 Å². The number of carbonyl (C=O) groups excluding carboxylic acids is 4. The third-order valence-electron chi connectivity index (χ3n) is 8.65. The molecule has 204 valence electrons. The van der Waals surface area contributed by atoms with Crippen LogP contribution in [0.1, 0.15) is 71.2 Å². The number of esters is 3. The van der Waals surface area contributed by atoms with E-state index in [1.165, 1.54) is 20.0 Å². The molecule has 4 rings (SSSR count). The van der Waals surface area contributed by atoms with Gasteiger partial charge in [0.05, 0.1) is 11.5 Å². The minimum absolute atomic E-state index is 0.0106. The van der Waals surface area contributed by atoms with Gasteiger partial charge in [-0.2, -0.15) is 0 Å². The van der Waals surface area contributed by atoms with Crippen LogP contribution in [0.25, 0.3) is 0 Å². The molecule has 1 heterocycles. The highest BCUT2D eigenvalue weighted by Crippen LogP contribution is 2.62. The highest BCUT2D eigenvalue weighted by molar-refractivity contribution is 6.03.